The van der Waals surface area contributed by atoms with Crippen LogP contribution in [0.5, 0.6) is 0 Å². The van der Waals surface area contributed by atoms with E-state index >= 15 is 0 Å². The number of hydrogen-bond donors (Lipinski definition) is 1. The van der Waals surface area contributed by atoms with E-state index in [0.717, 1.165) is 19.4 Å². The largest absolute Gasteiger partial charge is 0.334 e. The lowest BCUT2D eigenvalue weighted by Gasteiger charge is -2.23. The fourth-order valence-corrected chi connectivity index (χ4v) is 1.95. The van der Waals surface area contributed by atoms with Crippen LogP contribution in [0.2, 0.25) is 0 Å². The lowest BCUT2D eigenvalue weighted by molar-refractivity contribution is -0.131. The molecule has 18 heavy (non-hydrogen) atoms. The number of halogens is 1. The van der Waals surface area contributed by atoms with Gasteiger partial charge in [0.15, 0.2) is 0 Å². The lowest BCUT2D eigenvalue weighted by atomic mass is 10.2. The van der Waals surface area contributed by atoms with Crippen molar-refractivity contribution in [2.24, 2.45) is 0 Å². The van der Waals surface area contributed by atoms with Crippen LogP contribution >= 0.6 is 0 Å². The molecule has 0 aliphatic heterocycles. The molecule has 1 amide bonds. The summed E-state index contributed by atoms with van der Waals surface area (Å²) in [5, 5.41) is 3.03. The smallest absolute Gasteiger partial charge is 0.237 e. The molecule has 0 saturated heterocycles. The number of benzene rings is 1. The van der Waals surface area contributed by atoms with E-state index in [9.17, 15) is 9.18 Å². The second kappa shape index (κ2) is 5.96. The molecule has 98 valence electrons. The third-order valence-corrected chi connectivity index (χ3v) is 3.13. The summed E-state index contributed by atoms with van der Waals surface area (Å²) in [7, 11) is 0. The Hall–Kier alpha value is -1.42. The molecule has 0 bridgehead atoms. The van der Waals surface area contributed by atoms with Gasteiger partial charge >= 0.3 is 0 Å². The topological polar surface area (TPSA) is 32.3 Å². The SMILES string of the molecule is CCNCC(=O)N(Cc1ccccc1F)C1CC1. The molecule has 0 unspecified atom stereocenters. The summed E-state index contributed by atoms with van der Waals surface area (Å²) in [5.41, 5.74) is 0.592. The average Bonchev–Trinajstić information content (AvgIpc) is 3.19. The molecule has 1 fully saturated rings. The van der Waals surface area contributed by atoms with Crippen LogP contribution < -0.4 is 5.32 Å². The minimum Gasteiger partial charge on any atom is -0.334 e. The predicted octanol–water partition coefficient (Wildman–Crippen LogP) is 1.93. The number of amides is 1. The Morgan fingerprint density at radius 3 is 2.78 bits per heavy atom. The summed E-state index contributed by atoms with van der Waals surface area (Å²) in [6.07, 6.45) is 2.07. The van der Waals surface area contributed by atoms with Crippen molar-refractivity contribution in [3.05, 3.63) is 35.6 Å². The Labute approximate surface area is 107 Å². The van der Waals surface area contributed by atoms with E-state index in [-0.39, 0.29) is 11.7 Å². The van der Waals surface area contributed by atoms with E-state index in [1.807, 2.05) is 6.92 Å². The van der Waals surface area contributed by atoms with Crippen molar-refractivity contribution in [2.45, 2.75) is 32.4 Å². The van der Waals surface area contributed by atoms with Crippen molar-refractivity contribution < 1.29 is 9.18 Å². The zero-order valence-corrected chi connectivity index (χ0v) is 10.7. The molecular formula is C14H19FN2O. The third-order valence-electron chi connectivity index (χ3n) is 3.13. The van der Waals surface area contributed by atoms with E-state index < -0.39 is 0 Å². The van der Waals surface area contributed by atoms with E-state index in [0.29, 0.717) is 24.7 Å². The van der Waals surface area contributed by atoms with Crippen molar-refractivity contribution in [2.75, 3.05) is 13.1 Å². The highest BCUT2D eigenvalue weighted by Gasteiger charge is 2.32. The number of nitrogens with zero attached hydrogens (tertiary/aromatic N) is 1. The van der Waals surface area contributed by atoms with E-state index in [2.05, 4.69) is 5.32 Å². The van der Waals surface area contributed by atoms with Gasteiger partial charge in [0.2, 0.25) is 5.91 Å². The predicted molar refractivity (Wildman–Crippen MR) is 68.5 cm³/mol. The van der Waals surface area contributed by atoms with Gasteiger partial charge in [-0.05, 0) is 25.5 Å². The van der Waals surface area contributed by atoms with Crippen LogP contribution in [0, 0.1) is 5.82 Å². The van der Waals surface area contributed by atoms with Gasteiger partial charge in [-0.2, -0.15) is 0 Å². The van der Waals surface area contributed by atoms with Gasteiger partial charge in [-0.3, -0.25) is 4.79 Å². The molecule has 1 aromatic rings. The maximum Gasteiger partial charge on any atom is 0.237 e. The van der Waals surface area contributed by atoms with E-state index in [4.69, 9.17) is 0 Å². The Balaban J connectivity index is 2.02. The minimum absolute atomic E-state index is 0.0580. The van der Waals surface area contributed by atoms with Crippen LogP contribution in [0.15, 0.2) is 24.3 Å². The summed E-state index contributed by atoms with van der Waals surface area (Å²) >= 11 is 0. The zero-order valence-electron chi connectivity index (χ0n) is 10.7. The first kappa shape index (κ1) is 13.0. The van der Waals surface area contributed by atoms with Gasteiger partial charge in [0.1, 0.15) is 5.82 Å². The summed E-state index contributed by atoms with van der Waals surface area (Å²) in [6, 6.07) is 6.95. The first-order valence-electron chi connectivity index (χ1n) is 6.46. The van der Waals surface area contributed by atoms with Gasteiger partial charge in [0.05, 0.1) is 6.54 Å². The number of rotatable bonds is 6. The Morgan fingerprint density at radius 2 is 2.17 bits per heavy atom. The Morgan fingerprint density at radius 1 is 1.44 bits per heavy atom. The molecule has 0 spiro atoms. The van der Waals surface area contributed by atoms with Crippen molar-refractivity contribution in [3.8, 4) is 0 Å². The fourth-order valence-electron chi connectivity index (χ4n) is 1.95. The first-order valence-corrected chi connectivity index (χ1v) is 6.46. The molecule has 4 heteroatoms. The molecule has 0 heterocycles. The molecule has 1 aliphatic carbocycles. The third kappa shape index (κ3) is 3.29. The second-order valence-corrected chi connectivity index (χ2v) is 4.62. The number of likely N-dealkylation sites (N-methyl/N-ethyl adjacent to an activating group) is 1. The summed E-state index contributed by atoms with van der Waals surface area (Å²) < 4.78 is 13.6. The monoisotopic (exact) mass is 250 g/mol. The molecule has 0 radical (unpaired) electrons. The van der Waals surface area contributed by atoms with Crippen LogP contribution in [0.25, 0.3) is 0 Å². The van der Waals surface area contributed by atoms with Gasteiger partial charge in [-0.1, -0.05) is 25.1 Å². The van der Waals surface area contributed by atoms with Crippen molar-refractivity contribution in [1.82, 2.24) is 10.2 Å². The normalized spacial score (nSPS) is 14.6. The van der Waals surface area contributed by atoms with Crippen LogP contribution in [0.1, 0.15) is 25.3 Å². The molecule has 0 atom stereocenters. The van der Waals surface area contributed by atoms with Crippen molar-refractivity contribution >= 4 is 5.91 Å². The van der Waals surface area contributed by atoms with Gasteiger partial charge in [-0.15, -0.1) is 0 Å². The fraction of sp³-hybridized carbons (Fsp3) is 0.500. The summed E-state index contributed by atoms with van der Waals surface area (Å²) in [5.74, 6) is -0.179. The van der Waals surface area contributed by atoms with Crippen LogP contribution in [-0.4, -0.2) is 29.9 Å². The van der Waals surface area contributed by atoms with E-state index in [1.54, 1.807) is 23.1 Å². The van der Waals surface area contributed by atoms with Crippen LogP contribution in [-0.2, 0) is 11.3 Å². The number of carbonyl (C=O) groups is 1. The summed E-state index contributed by atoms with van der Waals surface area (Å²) in [6.45, 7) is 3.44. The van der Waals surface area contributed by atoms with Crippen molar-refractivity contribution in [1.29, 1.82) is 0 Å². The summed E-state index contributed by atoms with van der Waals surface area (Å²) in [4.78, 5) is 13.8. The van der Waals surface area contributed by atoms with Gasteiger partial charge in [-0.25, -0.2) is 4.39 Å². The standard InChI is InChI=1S/C14H19FN2O/c1-2-16-9-14(18)17(12-7-8-12)10-11-5-3-4-6-13(11)15/h3-6,12,16H,2,7-10H2,1H3. The highest BCUT2D eigenvalue weighted by Crippen LogP contribution is 2.28. The molecule has 2 rings (SSSR count). The lowest BCUT2D eigenvalue weighted by Crippen LogP contribution is -2.39. The highest BCUT2D eigenvalue weighted by molar-refractivity contribution is 5.79. The van der Waals surface area contributed by atoms with Gasteiger partial charge < -0.3 is 10.2 Å². The zero-order chi connectivity index (χ0) is 13.0. The number of carbonyl (C=O) groups excluding carboxylic acids is 1. The molecule has 1 N–H and O–H groups in total. The number of hydrogen-bond acceptors (Lipinski definition) is 2. The second-order valence-electron chi connectivity index (χ2n) is 4.62. The Kier molecular flexibility index (Phi) is 4.31. The van der Waals surface area contributed by atoms with Gasteiger partial charge in [0, 0.05) is 18.2 Å². The van der Waals surface area contributed by atoms with Crippen LogP contribution in [0.4, 0.5) is 4.39 Å². The molecule has 1 saturated carbocycles. The maximum absolute atomic E-state index is 13.6. The quantitative estimate of drug-likeness (QED) is 0.836. The average molecular weight is 250 g/mol. The molecule has 1 aromatic carbocycles. The highest BCUT2D eigenvalue weighted by atomic mass is 19.1. The molecule has 1 aliphatic rings. The number of nitrogens with one attached hydrogen (secondary N) is 1. The minimum atomic E-state index is -0.237. The maximum atomic E-state index is 13.6. The molecule has 3 nitrogen and oxygen atoms in total. The van der Waals surface area contributed by atoms with Crippen molar-refractivity contribution in [3.63, 3.8) is 0 Å². The Bertz CT molecular complexity index is 418. The molecule has 0 aromatic heterocycles. The van der Waals surface area contributed by atoms with Crippen LogP contribution in [0.3, 0.4) is 0 Å². The first-order chi connectivity index (χ1) is 8.72. The van der Waals surface area contributed by atoms with Gasteiger partial charge in [0.25, 0.3) is 0 Å². The van der Waals surface area contributed by atoms with E-state index in [1.165, 1.54) is 6.07 Å². The molecular weight excluding hydrogens is 231 g/mol.